The maximum absolute atomic E-state index is 11.9. The molecule has 0 unspecified atom stereocenters. The summed E-state index contributed by atoms with van der Waals surface area (Å²) in [7, 11) is 0. The van der Waals surface area contributed by atoms with Crippen molar-refractivity contribution >= 4 is 29.3 Å². The topological polar surface area (TPSA) is 119 Å². The third-order valence-corrected chi connectivity index (χ3v) is 3.38. The zero-order valence-electron chi connectivity index (χ0n) is 11.7. The average Bonchev–Trinajstić information content (AvgIpc) is 2.83. The van der Waals surface area contributed by atoms with Gasteiger partial charge >= 0.3 is 0 Å². The molecule has 2 aromatic rings. The van der Waals surface area contributed by atoms with Crippen molar-refractivity contribution in [2.24, 2.45) is 0 Å². The molecule has 0 saturated carbocycles. The van der Waals surface area contributed by atoms with Crippen LogP contribution in [0.4, 0.5) is 11.6 Å². The van der Waals surface area contributed by atoms with Crippen LogP contribution in [0.25, 0.3) is 0 Å². The van der Waals surface area contributed by atoms with Crippen molar-refractivity contribution in [2.45, 2.75) is 25.0 Å². The number of thioether (sulfide) groups is 1. The highest BCUT2D eigenvalue weighted by Gasteiger charge is 2.10. The maximum Gasteiger partial charge on any atom is 0.253 e. The van der Waals surface area contributed by atoms with Gasteiger partial charge in [-0.05, 0) is 13.8 Å². The summed E-state index contributed by atoms with van der Waals surface area (Å²) in [5, 5.41) is 7.20. The van der Waals surface area contributed by atoms with Crippen molar-refractivity contribution in [3.05, 3.63) is 28.7 Å². The second kappa shape index (κ2) is 6.44. The van der Waals surface area contributed by atoms with Crippen molar-refractivity contribution in [1.29, 1.82) is 0 Å². The molecule has 2 rings (SSSR count). The smallest absolute Gasteiger partial charge is 0.253 e. The minimum Gasteiger partial charge on any atom is -0.383 e. The molecule has 9 heteroatoms. The van der Waals surface area contributed by atoms with Crippen LogP contribution in [0, 0.1) is 0 Å². The summed E-state index contributed by atoms with van der Waals surface area (Å²) in [5.74, 6) is 0.645. The summed E-state index contributed by atoms with van der Waals surface area (Å²) in [4.78, 5) is 29.6. The Morgan fingerprint density at radius 2 is 2.33 bits per heavy atom. The largest absolute Gasteiger partial charge is 0.383 e. The average molecular weight is 308 g/mol. The van der Waals surface area contributed by atoms with Crippen LogP contribution < -0.4 is 16.6 Å². The molecule has 0 atom stereocenters. The second-order valence-corrected chi connectivity index (χ2v) is 5.53. The lowest BCUT2D eigenvalue weighted by atomic mass is 10.4. The number of rotatable bonds is 5. The number of carbonyl (C=O) groups excluding carboxylic acids is 1. The van der Waals surface area contributed by atoms with E-state index in [0.717, 1.165) is 11.8 Å². The van der Waals surface area contributed by atoms with E-state index in [2.05, 4.69) is 20.4 Å². The van der Waals surface area contributed by atoms with Crippen molar-refractivity contribution in [3.8, 4) is 0 Å². The van der Waals surface area contributed by atoms with Crippen LogP contribution in [0.1, 0.15) is 19.9 Å². The van der Waals surface area contributed by atoms with Crippen LogP contribution in [0.2, 0.25) is 0 Å². The number of aromatic amines is 1. The molecule has 1 amide bonds. The summed E-state index contributed by atoms with van der Waals surface area (Å²) in [6.45, 7) is 3.94. The summed E-state index contributed by atoms with van der Waals surface area (Å²) in [6.07, 6.45) is 1.62. The number of nitrogens with two attached hydrogens (primary N) is 1. The molecule has 0 aliphatic rings. The summed E-state index contributed by atoms with van der Waals surface area (Å²) < 4.78 is 1.71. The lowest BCUT2D eigenvalue weighted by Gasteiger charge is -2.11. The monoisotopic (exact) mass is 308 g/mol. The Morgan fingerprint density at radius 3 is 3.00 bits per heavy atom. The highest BCUT2D eigenvalue weighted by molar-refractivity contribution is 7.99. The standard InChI is InChI=1S/C12H16N6O2S/c1-7(2)18-9(3-4-14-18)16-11(20)6-21-12-15-8(13)5-10(19)17-12/h3-5,7H,6H2,1-2H3,(H,16,20)(H3,13,15,17,19). The molecule has 2 heterocycles. The number of nitrogens with zero attached hydrogens (tertiary/aromatic N) is 3. The molecule has 4 N–H and O–H groups in total. The SMILES string of the molecule is CC(C)n1nccc1NC(=O)CSc1nc(N)cc(=O)[nH]1. The van der Waals surface area contributed by atoms with Gasteiger partial charge in [-0.1, -0.05) is 11.8 Å². The third-order valence-electron chi connectivity index (χ3n) is 2.51. The van der Waals surface area contributed by atoms with Crippen LogP contribution in [-0.2, 0) is 4.79 Å². The Morgan fingerprint density at radius 1 is 1.57 bits per heavy atom. The van der Waals surface area contributed by atoms with Crippen molar-refractivity contribution in [3.63, 3.8) is 0 Å². The van der Waals surface area contributed by atoms with Gasteiger partial charge < -0.3 is 16.0 Å². The molecule has 21 heavy (non-hydrogen) atoms. The van der Waals surface area contributed by atoms with Crippen molar-refractivity contribution in [2.75, 3.05) is 16.8 Å². The Balaban J connectivity index is 1.96. The van der Waals surface area contributed by atoms with E-state index in [9.17, 15) is 9.59 Å². The minimum absolute atomic E-state index is 0.107. The number of nitrogens with one attached hydrogen (secondary N) is 2. The van der Waals surface area contributed by atoms with E-state index in [4.69, 9.17) is 5.73 Å². The Hall–Kier alpha value is -2.29. The normalized spacial score (nSPS) is 10.8. The van der Waals surface area contributed by atoms with Gasteiger partial charge in [0.2, 0.25) is 5.91 Å². The molecule has 2 aromatic heterocycles. The van der Waals surface area contributed by atoms with E-state index < -0.39 is 0 Å². The minimum atomic E-state index is -0.344. The predicted molar refractivity (Wildman–Crippen MR) is 81.2 cm³/mol. The molecular weight excluding hydrogens is 292 g/mol. The Bertz CT molecular complexity index is 693. The van der Waals surface area contributed by atoms with Crippen LogP contribution in [0.3, 0.4) is 0 Å². The van der Waals surface area contributed by atoms with Crippen LogP contribution in [0.15, 0.2) is 28.3 Å². The second-order valence-electron chi connectivity index (χ2n) is 4.57. The highest BCUT2D eigenvalue weighted by Crippen LogP contribution is 2.15. The van der Waals surface area contributed by atoms with Crippen molar-refractivity contribution in [1.82, 2.24) is 19.7 Å². The molecular formula is C12H16N6O2S. The number of anilines is 2. The first-order chi connectivity index (χ1) is 9.95. The van der Waals surface area contributed by atoms with Crippen LogP contribution in [0.5, 0.6) is 0 Å². The first kappa shape index (κ1) is 15.1. The number of hydrogen-bond donors (Lipinski definition) is 3. The highest BCUT2D eigenvalue weighted by atomic mass is 32.2. The molecule has 0 fully saturated rings. The van der Waals surface area contributed by atoms with E-state index in [-0.39, 0.29) is 29.1 Å². The van der Waals surface area contributed by atoms with Crippen LogP contribution >= 0.6 is 11.8 Å². The van der Waals surface area contributed by atoms with Gasteiger partial charge in [-0.15, -0.1) is 0 Å². The number of aromatic nitrogens is 4. The van der Waals surface area contributed by atoms with Gasteiger partial charge in [-0.2, -0.15) is 5.10 Å². The van der Waals surface area contributed by atoms with Crippen molar-refractivity contribution < 1.29 is 4.79 Å². The fourth-order valence-corrected chi connectivity index (χ4v) is 2.34. The first-order valence-electron chi connectivity index (χ1n) is 6.28. The van der Waals surface area contributed by atoms with E-state index in [1.807, 2.05) is 13.8 Å². The number of H-pyrrole nitrogens is 1. The number of carbonyl (C=O) groups is 1. The van der Waals surface area contributed by atoms with Gasteiger partial charge in [0.05, 0.1) is 11.9 Å². The fourth-order valence-electron chi connectivity index (χ4n) is 1.66. The van der Waals surface area contributed by atoms with Gasteiger partial charge in [-0.25, -0.2) is 9.67 Å². The van der Waals surface area contributed by atoms with Gasteiger partial charge in [0.15, 0.2) is 5.16 Å². The van der Waals surface area contributed by atoms with Gasteiger partial charge in [0, 0.05) is 18.2 Å². The molecule has 0 aliphatic carbocycles. The van der Waals surface area contributed by atoms with Crippen LogP contribution in [-0.4, -0.2) is 31.4 Å². The first-order valence-corrected chi connectivity index (χ1v) is 7.27. The molecule has 0 saturated heterocycles. The fraction of sp³-hybridized carbons (Fsp3) is 0.333. The molecule has 8 nitrogen and oxygen atoms in total. The molecule has 0 aliphatic heterocycles. The van der Waals surface area contributed by atoms with E-state index in [0.29, 0.717) is 11.0 Å². The molecule has 0 spiro atoms. The predicted octanol–water partition coefficient (Wildman–Crippen LogP) is 0.860. The molecule has 0 aromatic carbocycles. The lowest BCUT2D eigenvalue weighted by molar-refractivity contribution is -0.113. The van der Waals surface area contributed by atoms with Gasteiger partial charge in [-0.3, -0.25) is 9.59 Å². The Kier molecular flexibility index (Phi) is 4.63. The number of nitrogen functional groups attached to an aromatic ring is 1. The van der Waals surface area contributed by atoms with Gasteiger partial charge in [0.1, 0.15) is 11.6 Å². The molecule has 0 bridgehead atoms. The quantitative estimate of drug-likeness (QED) is 0.557. The number of amides is 1. The van der Waals surface area contributed by atoms with E-state index in [1.54, 1.807) is 16.9 Å². The molecule has 112 valence electrons. The van der Waals surface area contributed by atoms with E-state index >= 15 is 0 Å². The summed E-state index contributed by atoms with van der Waals surface area (Å²) >= 11 is 1.10. The summed E-state index contributed by atoms with van der Waals surface area (Å²) in [5.41, 5.74) is 5.13. The van der Waals surface area contributed by atoms with E-state index in [1.165, 1.54) is 6.07 Å². The zero-order chi connectivity index (χ0) is 15.4. The van der Waals surface area contributed by atoms with Gasteiger partial charge in [0.25, 0.3) is 5.56 Å². The zero-order valence-corrected chi connectivity index (χ0v) is 12.5. The summed E-state index contributed by atoms with van der Waals surface area (Å²) in [6, 6.07) is 3.06. The lowest BCUT2D eigenvalue weighted by Crippen LogP contribution is -2.19. The number of hydrogen-bond acceptors (Lipinski definition) is 6. The Labute approximate surface area is 125 Å². The molecule has 0 radical (unpaired) electrons. The maximum atomic E-state index is 11.9. The third kappa shape index (κ3) is 4.09.